The van der Waals surface area contributed by atoms with Gasteiger partial charge in [-0.15, -0.1) is 0 Å². The molecule has 1 heterocycles. The molecule has 2 aromatic carbocycles. The van der Waals surface area contributed by atoms with Crippen LogP contribution >= 0.6 is 0 Å². The number of methoxy groups -OCH3 is 1. The number of carbonyl (C=O) groups excluding carboxylic acids is 2. The molecular formula is C23H27NO7S. The van der Waals surface area contributed by atoms with Crippen LogP contribution in [0.1, 0.15) is 37.4 Å². The maximum atomic E-state index is 13.1. The highest BCUT2D eigenvalue weighted by Crippen LogP contribution is 2.28. The number of benzene rings is 2. The van der Waals surface area contributed by atoms with E-state index in [4.69, 9.17) is 14.2 Å². The lowest BCUT2D eigenvalue weighted by Gasteiger charge is -2.26. The topological polar surface area (TPSA) is 99.2 Å². The molecule has 0 aliphatic carbocycles. The van der Waals surface area contributed by atoms with Gasteiger partial charge in [0.15, 0.2) is 6.61 Å². The molecule has 0 radical (unpaired) electrons. The number of ketones is 1. The van der Waals surface area contributed by atoms with Crippen LogP contribution in [-0.2, 0) is 19.5 Å². The molecule has 0 saturated carbocycles. The molecule has 1 aliphatic rings. The number of ether oxygens (including phenoxy) is 3. The number of esters is 1. The first-order chi connectivity index (χ1) is 15.1. The van der Waals surface area contributed by atoms with Gasteiger partial charge >= 0.3 is 5.97 Å². The van der Waals surface area contributed by atoms with Crippen molar-refractivity contribution in [1.29, 1.82) is 0 Å². The zero-order chi connectivity index (χ0) is 23.5. The monoisotopic (exact) mass is 461 g/mol. The van der Waals surface area contributed by atoms with Crippen LogP contribution in [0.3, 0.4) is 0 Å². The second kappa shape index (κ2) is 9.81. The molecule has 0 amide bonds. The Balaban J connectivity index is 1.79. The highest BCUT2D eigenvalue weighted by atomic mass is 32.2. The van der Waals surface area contributed by atoms with E-state index in [-0.39, 0.29) is 35.1 Å². The molecule has 0 bridgehead atoms. The number of hydrogen-bond acceptors (Lipinski definition) is 7. The van der Waals surface area contributed by atoms with Crippen LogP contribution in [0, 0.1) is 20.8 Å². The molecule has 0 atom stereocenters. The summed E-state index contributed by atoms with van der Waals surface area (Å²) in [4.78, 5) is 25.1. The average molecular weight is 462 g/mol. The standard InChI is InChI=1S/C23H27NO7S/c1-15-11-17(3)19(12-16(15)2)20(25)14-31-23(26)18-5-6-21(29-4)22(13-18)32(27,28)24-7-9-30-10-8-24/h5-6,11-13H,7-10,14H2,1-4H3. The summed E-state index contributed by atoms with van der Waals surface area (Å²) >= 11 is 0. The summed E-state index contributed by atoms with van der Waals surface area (Å²) in [5, 5.41) is 0. The van der Waals surface area contributed by atoms with E-state index in [0.29, 0.717) is 18.8 Å². The lowest BCUT2D eigenvalue weighted by Crippen LogP contribution is -2.40. The number of Topliss-reactive ketones (excluding diaryl/α,β-unsaturated/α-hetero) is 1. The predicted octanol–water partition coefficient (Wildman–Crippen LogP) is 2.68. The zero-order valence-corrected chi connectivity index (χ0v) is 19.5. The summed E-state index contributed by atoms with van der Waals surface area (Å²) in [5.41, 5.74) is 3.35. The fourth-order valence-corrected chi connectivity index (χ4v) is 5.07. The summed E-state index contributed by atoms with van der Waals surface area (Å²) < 4.78 is 43.1. The second-order valence-electron chi connectivity index (χ2n) is 7.63. The first kappa shape index (κ1) is 23.9. The Morgan fingerprint density at radius 1 is 1.00 bits per heavy atom. The molecule has 0 unspecified atom stereocenters. The van der Waals surface area contributed by atoms with Gasteiger partial charge in [-0.05, 0) is 61.7 Å². The van der Waals surface area contributed by atoms with Crippen molar-refractivity contribution in [3.63, 3.8) is 0 Å². The number of sulfonamides is 1. The molecule has 3 rings (SSSR count). The third-order valence-electron chi connectivity index (χ3n) is 5.46. The molecule has 172 valence electrons. The Kier molecular flexibility index (Phi) is 7.33. The Morgan fingerprint density at radius 3 is 2.31 bits per heavy atom. The Hall–Kier alpha value is -2.75. The lowest BCUT2D eigenvalue weighted by atomic mass is 9.98. The number of carbonyl (C=O) groups is 2. The number of morpholine rings is 1. The quantitative estimate of drug-likeness (QED) is 0.462. The van der Waals surface area contributed by atoms with Gasteiger partial charge in [0, 0.05) is 18.7 Å². The molecule has 1 aliphatic heterocycles. The van der Waals surface area contributed by atoms with Gasteiger partial charge in [-0.1, -0.05) is 6.07 Å². The van der Waals surface area contributed by atoms with E-state index < -0.39 is 22.6 Å². The van der Waals surface area contributed by atoms with Crippen molar-refractivity contribution in [2.45, 2.75) is 25.7 Å². The highest BCUT2D eigenvalue weighted by molar-refractivity contribution is 7.89. The normalized spacial score (nSPS) is 14.8. The van der Waals surface area contributed by atoms with Crippen LogP contribution in [-0.4, -0.2) is 64.5 Å². The van der Waals surface area contributed by atoms with Crippen molar-refractivity contribution in [1.82, 2.24) is 4.31 Å². The van der Waals surface area contributed by atoms with Gasteiger partial charge in [0.05, 0.1) is 25.9 Å². The maximum Gasteiger partial charge on any atom is 0.338 e. The molecule has 1 fully saturated rings. The van der Waals surface area contributed by atoms with Gasteiger partial charge in [0.25, 0.3) is 0 Å². The average Bonchev–Trinajstić information content (AvgIpc) is 2.79. The fourth-order valence-electron chi connectivity index (χ4n) is 3.48. The van der Waals surface area contributed by atoms with E-state index in [1.54, 1.807) is 6.07 Å². The van der Waals surface area contributed by atoms with Crippen LogP contribution in [0.4, 0.5) is 0 Å². The smallest absolute Gasteiger partial charge is 0.338 e. The largest absolute Gasteiger partial charge is 0.495 e. The van der Waals surface area contributed by atoms with Gasteiger partial charge in [0.2, 0.25) is 15.8 Å². The van der Waals surface area contributed by atoms with Crippen molar-refractivity contribution >= 4 is 21.8 Å². The molecule has 0 spiro atoms. The van der Waals surface area contributed by atoms with Crippen LogP contribution in [0.5, 0.6) is 5.75 Å². The Labute approximate surface area is 188 Å². The van der Waals surface area contributed by atoms with Gasteiger partial charge in [-0.2, -0.15) is 4.31 Å². The molecule has 8 nitrogen and oxygen atoms in total. The van der Waals surface area contributed by atoms with E-state index in [1.807, 2.05) is 26.8 Å². The van der Waals surface area contributed by atoms with Gasteiger partial charge in [-0.25, -0.2) is 13.2 Å². The molecule has 32 heavy (non-hydrogen) atoms. The van der Waals surface area contributed by atoms with Crippen molar-refractivity contribution in [3.8, 4) is 5.75 Å². The summed E-state index contributed by atoms with van der Waals surface area (Å²) in [6.45, 7) is 6.27. The van der Waals surface area contributed by atoms with Crippen molar-refractivity contribution in [2.24, 2.45) is 0 Å². The lowest BCUT2D eigenvalue weighted by molar-refractivity contribution is 0.0474. The van der Waals surface area contributed by atoms with Crippen LogP contribution in [0.2, 0.25) is 0 Å². The first-order valence-electron chi connectivity index (χ1n) is 10.2. The van der Waals surface area contributed by atoms with Crippen molar-refractivity contribution in [2.75, 3.05) is 40.0 Å². The minimum absolute atomic E-state index is 0.0160. The van der Waals surface area contributed by atoms with E-state index >= 15 is 0 Å². The number of nitrogens with zero attached hydrogens (tertiary/aromatic N) is 1. The van der Waals surface area contributed by atoms with E-state index in [9.17, 15) is 18.0 Å². The number of hydrogen-bond donors (Lipinski definition) is 0. The van der Waals surface area contributed by atoms with Crippen molar-refractivity contribution in [3.05, 3.63) is 58.1 Å². The van der Waals surface area contributed by atoms with Crippen LogP contribution < -0.4 is 4.74 Å². The molecular weight excluding hydrogens is 434 g/mol. The van der Waals surface area contributed by atoms with E-state index in [1.165, 1.54) is 29.6 Å². The molecule has 0 aromatic heterocycles. The summed E-state index contributed by atoms with van der Waals surface area (Å²) in [6.07, 6.45) is 0. The summed E-state index contributed by atoms with van der Waals surface area (Å²) in [5.74, 6) is -0.996. The van der Waals surface area contributed by atoms with Gasteiger partial charge in [-0.3, -0.25) is 4.79 Å². The SMILES string of the molecule is COc1ccc(C(=O)OCC(=O)c2cc(C)c(C)cc2C)cc1S(=O)(=O)N1CCOCC1. The highest BCUT2D eigenvalue weighted by Gasteiger charge is 2.30. The maximum absolute atomic E-state index is 13.1. The first-order valence-corrected chi connectivity index (χ1v) is 11.6. The predicted molar refractivity (Wildman–Crippen MR) is 118 cm³/mol. The molecule has 1 saturated heterocycles. The Morgan fingerprint density at radius 2 is 1.66 bits per heavy atom. The number of rotatable bonds is 7. The van der Waals surface area contributed by atoms with Gasteiger partial charge in [0.1, 0.15) is 10.6 Å². The minimum atomic E-state index is -3.90. The van der Waals surface area contributed by atoms with E-state index in [0.717, 1.165) is 16.7 Å². The third kappa shape index (κ3) is 5.01. The van der Waals surface area contributed by atoms with E-state index in [2.05, 4.69) is 0 Å². The van der Waals surface area contributed by atoms with Crippen LogP contribution in [0.15, 0.2) is 35.2 Å². The van der Waals surface area contributed by atoms with Crippen LogP contribution in [0.25, 0.3) is 0 Å². The molecule has 9 heteroatoms. The second-order valence-corrected chi connectivity index (χ2v) is 9.54. The molecule has 0 N–H and O–H groups in total. The number of aryl methyl sites for hydroxylation is 3. The third-order valence-corrected chi connectivity index (χ3v) is 7.38. The zero-order valence-electron chi connectivity index (χ0n) is 18.6. The minimum Gasteiger partial charge on any atom is -0.495 e. The summed E-state index contributed by atoms with van der Waals surface area (Å²) in [7, 11) is -2.54. The van der Waals surface area contributed by atoms with Gasteiger partial charge < -0.3 is 14.2 Å². The Bertz CT molecular complexity index is 1140. The molecule has 2 aromatic rings. The fraction of sp³-hybridized carbons (Fsp3) is 0.391. The van der Waals surface area contributed by atoms with Crippen molar-refractivity contribution < 1.29 is 32.2 Å². The summed E-state index contributed by atoms with van der Waals surface area (Å²) in [6, 6.07) is 7.72.